The predicted octanol–water partition coefficient (Wildman–Crippen LogP) is 1.60. The first-order chi connectivity index (χ1) is 1.41. The first-order valence-electron chi connectivity index (χ1n) is 0.309. The number of hydrogen-bond acceptors (Lipinski definition) is 1. The molecule has 0 saturated heterocycles. The van der Waals surface area contributed by atoms with Crippen LogP contribution in [-0.4, -0.2) is 0 Å². The Morgan fingerprint density at radius 2 is 1.25 bits per heavy atom. The smallest absolute Gasteiger partial charge is 0.197 e. The summed E-state index contributed by atoms with van der Waals surface area (Å²) in [6, 6.07) is 0. The maximum atomic E-state index is 9.54. The van der Waals surface area contributed by atoms with Crippen molar-refractivity contribution in [3.63, 3.8) is 0 Å². The van der Waals surface area contributed by atoms with Gasteiger partial charge in [-0.2, -0.15) is 13.5 Å². The van der Waals surface area contributed by atoms with E-state index in [9.17, 15) is 7.77 Å². The zero-order valence-electron chi connectivity index (χ0n) is 1.66. The molecule has 0 aromatic carbocycles. The lowest BCUT2D eigenvalue weighted by Crippen LogP contribution is -0.884. The van der Waals surface area contributed by atoms with Gasteiger partial charge in [0, 0.05) is 0 Å². The highest BCUT2D eigenvalue weighted by Crippen LogP contribution is 1.95. The van der Waals surface area contributed by atoms with Gasteiger partial charge in [0.25, 0.3) is 12.5 Å². The van der Waals surface area contributed by atoms with Crippen LogP contribution in [0.5, 0.6) is 0 Å². The SMILES string of the molecule is FSF.S. The van der Waals surface area contributed by atoms with E-state index in [-0.39, 0.29) is 13.5 Å². The standard InChI is InChI=1S/F2S.H2S/c1-3-2;/h;1H2. The first-order valence-corrected chi connectivity index (χ1v) is 0.926. The lowest BCUT2D eigenvalue weighted by Gasteiger charge is -1.36. The van der Waals surface area contributed by atoms with Crippen molar-refractivity contribution in [2.75, 3.05) is 0 Å². The minimum absolute atomic E-state index is 0. The molecule has 0 aromatic rings. The van der Waals surface area contributed by atoms with E-state index in [0.29, 0.717) is 0 Å². The second-order valence-corrected chi connectivity index (χ2v) is 0.175. The summed E-state index contributed by atoms with van der Waals surface area (Å²) in [5, 5.41) is 0. The van der Waals surface area contributed by atoms with Gasteiger partial charge in [0.15, 0.2) is 0 Å². The van der Waals surface area contributed by atoms with Crippen LogP contribution in [0.1, 0.15) is 0 Å². The summed E-state index contributed by atoms with van der Waals surface area (Å²) in [4.78, 5) is 0. The van der Waals surface area contributed by atoms with E-state index in [0.717, 1.165) is 0 Å². The van der Waals surface area contributed by atoms with Crippen molar-refractivity contribution in [2.24, 2.45) is 0 Å². The van der Waals surface area contributed by atoms with Gasteiger partial charge in [0.2, 0.25) is 0 Å². The Kier molecular flexibility index (Phi) is 21.1. The Bertz CT molecular complexity index is 4.00. The Hall–Kier alpha value is 0.560. The second-order valence-electron chi connectivity index (χ2n) is 0.0583. The topological polar surface area (TPSA) is 0 Å². The van der Waals surface area contributed by atoms with E-state index in [1.807, 2.05) is 0 Å². The molecule has 28 valence electrons. The molecule has 0 aliphatic carbocycles. The van der Waals surface area contributed by atoms with Gasteiger partial charge in [-0.3, -0.25) is 0 Å². The highest BCUT2D eigenvalue weighted by atomic mass is 32.2. The van der Waals surface area contributed by atoms with Crippen LogP contribution >= 0.6 is 26.0 Å². The van der Waals surface area contributed by atoms with E-state index in [2.05, 4.69) is 0 Å². The molecule has 0 rings (SSSR count). The minimum Gasteiger partial charge on any atom is -0.197 e. The normalized spacial score (nSPS) is 4.50. The molecule has 0 fully saturated rings. The maximum Gasteiger partial charge on any atom is 0.255 e. The first kappa shape index (κ1) is 8.82. The lowest BCUT2D eigenvalue weighted by molar-refractivity contribution is 0.814. The summed E-state index contributed by atoms with van der Waals surface area (Å²) in [7, 11) is 0. The largest absolute Gasteiger partial charge is 0.255 e. The predicted molar refractivity (Wildman–Crippen MR) is 20.2 cm³/mol. The number of hydrogen-bond donors (Lipinski definition) is 0. The van der Waals surface area contributed by atoms with Crippen molar-refractivity contribution in [3.8, 4) is 0 Å². The van der Waals surface area contributed by atoms with Crippen LogP contribution in [0.3, 0.4) is 0 Å². The third kappa shape index (κ3) is 19.9. The molecule has 4 heavy (non-hydrogen) atoms. The third-order valence-electron chi connectivity index (χ3n) is 0. The zero-order chi connectivity index (χ0) is 2.71. The molecule has 0 nitrogen and oxygen atoms in total. The van der Waals surface area contributed by atoms with Crippen LogP contribution in [0.4, 0.5) is 7.77 Å². The quantitative estimate of drug-likeness (QED) is 0.450. The summed E-state index contributed by atoms with van der Waals surface area (Å²) in [6.45, 7) is 0. The highest BCUT2D eigenvalue weighted by Gasteiger charge is 1.49. The van der Waals surface area contributed by atoms with Gasteiger partial charge >= 0.3 is 0 Å². The van der Waals surface area contributed by atoms with Gasteiger partial charge in [-0.05, 0) is 0 Å². The van der Waals surface area contributed by atoms with Crippen LogP contribution in [-0.2, 0) is 0 Å². The molecule has 0 bridgehead atoms. The molecule has 0 atom stereocenters. The number of rotatable bonds is 0. The highest BCUT2D eigenvalue weighted by molar-refractivity contribution is 7.89. The molecule has 0 radical (unpaired) electrons. The fourth-order valence-electron chi connectivity index (χ4n) is 0. The molecule has 0 aromatic heterocycles. The molecule has 0 spiro atoms. The van der Waals surface area contributed by atoms with Crippen molar-refractivity contribution < 1.29 is 7.77 Å². The fourth-order valence-corrected chi connectivity index (χ4v) is 0. The molecule has 0 N–H and O–H groups in total. The van der Waals surface area contributed by atoms with E-state index in [1.54, 1.807) is 0 Å². The summed E-state index contributed by atoms with van der Waals surface area (Å²) in [5.74, 6) is 0. The summed E-state index contributed by atoms with van der Waals surface area (Å²) in [5.41, 5.74) is 0. The van der Waals surface area contributed by atoms with Gasteiger partial charge in [-0.15, -0.1) is 7.77 Å². The Labute approximate surface area is 34.6 Å². The van der Waals surface area contributed by atoms with Gasteiger partial charge in [0.05, 0.1) is 0 Å². The average molecular weight is 104 g/mol. The molecular formula is H2F2S2. The van der Waals surface area contributed by atoms with Gasteiger partial charge in [0.1, 0.15) is 0 Å². The van der Waals surface area contributed by atoms with Gasteiger partial charge in [-0.1, -0.05) is 0 Å². The molecule has 0 heterocycles. The van der Waals surface area contributed by atoms with Crippen molar-refractivity contribution >= 4 is 26.0 Å². The molecule has 0 aliphatic rings. The molecule has 4 heteroatoms. The molecule has 0 saturated carbocycles. The Balaban J connectivity index is 0. The van der Waals surface area contributed by atoms with Gasteiger partial charge in [-0.25, -0.2) is 0 Å². The van der Waals surface area contributed by atoms with Crippen LogP contribution in [0, 0.1) is 0 Å². The van der Waals surface area contributed by atoms with E-state index >= 15 is 0 Å². The molecule has 0 aliphatic heterocycles. The minimum atomic E-state index is -1.25. The average Bonchev–Trinajstić information content (AvgIpc) is 0.918. The van der Waals surface area contributed by atoms with Gasteiger partial charge < -0.3 is 0 Å². The molecule has 0 amide bonds. The van der Waals surface area contributed by atoms with Crippen molar-refractivity contribution in [1.82, 2.24) is 0 Å². The second kappa shape index (κ2) is 9.59. The lowest BCUT2D eigenvalue weighted by atomic mass is 18.8. The summed E-state index contributed by atoms with van der Waals surface area (Å²) >= 11 is -1.25. The van der Waals surface area contributed by atoms with Crippen molar-refractivity contribution in [3.05, 3.63) is 0 Å². The van der Waals surface area contributed by atoms with E-state index in [4.69, 9.17) is 0 Å². The molecular weight excluding hydrogens is 102 g/mol. The fraction of sp³-hybridized carbons (Fsp3) is 0. The summed E-state index contributed by atoms with van der Waals surface area (Å²) < 4.78 is 19.1. The molecule has 0 unspecified atom stereocenters. The number of halogens is 2. The van der Waals surface area contributed by atoms with E-state index < -0.39 is 12.5 Å². The Morgan fingerprint density at radius 1 is 1.25 bits per heavy atom. The van der Waals surface area contributed by atoms with Crippen LogP contribution in [0.25, 0.3) is 0 Å². The summed E-state index contributed by atoms with van der Waals surface area (Å²) in [6.07, 6.45) is 0. The maximum absolute atomic E-state index is 9.54. The van der Waals surface area contributed by atoms with Crippen LogP contribution in [0.15, 0.2) is 0 Å². The third-order valence-corrected chi connectivity index (χ3v) is 0. The van der Waals surface area contributed by atoms with Crippen molar-refractivity contribution in [1.29, 1.82) is 0 Å². The van der Waals surface area contributed by atoms with E-state index in [1.165, 1.54) is 0 Å². The Morgan fingerprint density at radius 3 is 1.25 bits per heavy atom. The van der Waals surface area contributed by atoms with Crippen molar-refractivity contribution in [2.45, 2.75) is 0 Å². The van der Waals surface area contributed by atoms with Crippen LogP contribution < -0.4 is 0 Å². The zero-order valence-corrected chi connectivity index (χ0v) is 3.48. The monoisotopic (exact) mass is 104 g/mol. The van der Waals surface area contributed by atoms with Crippen LogP contribution in [0.2, 0.25) is 0 Å².